The number of hydrogen-bond acceptors (Lipinski definition) is 2. The molecule has 0 fully saturated rings. The number of rotatable bonds is 4. The minimum atomic E-state index is -3.13. The van der Waals surface area contributed by atoms with Crippen molar-refractivity contribution in [3.8, 4) is 11.1 Å². The summed E-state index contributed by atoms with van der Waals surface area (Å²) in [6.07, 6.45) is 0. The summed E-state index contributed by atoms with van der Waals surface area (Å²) in [5.74, 6) is 0. The van der Waals surface area contributed by atoms with Crippen molar-refractivity contribution in [3.05, 3.63) is 152 Å². The van der Waals surface area contributed by atoms with Crippen molar-refractivity contribution in [2.45, 2.75) is 0 Å². The molecule has 0 N–H and O–H groups in total. The van der Waals surface area contributed by atoms with E-state index >= 15 is 4.57 Å². The van der Waals surface area contributed by atoms with Gasteiger partial charge in [0.15, 0.2) is 7.14 Å². The highest BCUT2D eigenvalue weighted by Crippen LogP contribution is 2.46. The molecular weight excluding hydrogens is 519 g/mol. The van der Waals surface area contributed by atoms with Gasteiger partial charge >= 0.3 is 0 Å². The van der Waals surface area contributed by atoms with E-state index in [0.29, 0.717) is 0 Å². The molecule has 0 radical (unpaired) electrons. The fourth-order valence-corrected chi connectivity index (χ4v) is 9.00. The Hall–Kier alpha value is -4.91. The van der Waals surface area contributed by atoms with Crippen molar-refractivity contribution in [2.24, 2.45) is 0 Å². The molecule has 3 heteroatoms. The maximum absolute atomic E-state index is 15.3. The zero-order chi connectivity index (χ0) is 27.4. The van der Waals surface area contributed by atoms with Crippen molar-refractivity contribution in [2.75, 3.05) is 0 Å². The van der Waals surface area contributed by atoms with E-state index in [0.717, 1.165) is 59.8 Å². The number of fused-ring (bicyclic) bond motifs is 5. The molecule has 0 bridgehead atoms. The van der Waals surface area contributed by atoms with Gasteiger partial charge in [0.2, 0.25) is 0 Å². The fraction of sp³-hybridized carbons (Fsp3) is 0. The van der Waals surface area contributed by atoms with Crippen LogP contribution in [0.2, 0.25) is 0 Å². The van der Waals surface area contributed by atoms with Gasteiger partial charge in [0.1, 0.15) is 11.2 Å². The quantitative estimate of drug-likeness (QED) is 0.207. The molecule has 2 nitrogen and oxygen atoms in total. The molecule has 7 aromatic carbocycles. The van der Waals surface area contributed by atoms with Crippen molar-refractivity contribution in [1.29, 1.82) is 0 Å². The van der Waals surface area contributed by atoms with Crippen LogP contribution in [0.15, 0.2) is 156 Å². The summed E-state index contributed by atoms with van der Waals surface area (Å²) in [6.45, 7) is 0. The first-order valence-electron chi connectivity index (χ1n) is 13.8. The Morgan fingerprint density at radius 3 is 1.73 bits per heavy atom. The van der Waals surface area contributed by atoms with Gasteiger partial charge in [-0.1, -0.05) is 121 Å². The first-order valence-corrected chi connectivity index (χ1v) is 15.5. The average Bonchev–Trinajstić information content (AvgIpc) is 3.40. The third kappa shape index (κ3) is 3.76. The summed E-state index contributed by atoms with van der Waals surface area (Å²) in [5.41, 5.74) is 3.97. The van der Waals surface area contributed by atoms with E-state index in [1.54, 1.807) is 0 Å². The summed E-state index contributed by atoms with van der Waals surface area (Å²) in [5, 5.41) is 9.18. The lowest BCUT2D eigenvalue weighted by molar-refractivity contribution is 0.592. The second-order valence-corrected chi connectivity index (χ2v) is 13.2. The predicted octanol–water partition coefficient (Wildman–Crippen LogP) is 9.20. The Bertz CT molecular complexity index is 2240. The minimum Gasteiger partial charge on any atom is -0.456 e. The van der Waals surface area contributed by atoms with Crippen LogP contribution in [0.25, 0.3) is 54.6 Å². The van der Waals surface area contributed by atoms with Gasteiger partial charge < -0.3 is 8.98 Å². The smallest absolute Gasteiger partial charge is 0.171 e. The Kier molecular flexibility index (Phi) is 5.45. The van der Waals surface area contributed by atoms with E-state index in [-0.39, 0.29) is 0 Å². The van der Waals surface area contributed by atoms with Gasteiger partial charge in [-0.25, -0.2) is 0 Å². The fourth-order valence-electron chi connectivity index (χ4n) is 6.14. The highest BCUT2D eigenvalue weighted by Gasteiger charge is 2.31. The van der Waals surface area contributed by atoms with E-state index in [1.165, 1.54) is 10.8 Å². The maximum Gasteiger partial charge on any atom is 0.171 e. The van der Waals surface area contributed by atoms with Crippen LogP contribution in [-0.2, 0) is 4.57 Å². The second kappa shape index (κ2) is 9.34. The number of benzene rings is 7. The molecule has 0 amide bonds. The Morgan fingerprint density at radius 2 is 1.02 bits per heavy atom. The summed E-state index contributed by atoms with van der Waals surface area (Å²) < 4.78 is 21.5. The summed E-state index contributed by atoms with van der Waals surface area (Å²) in [4.78, 5) is 0. The lowest BCUT2D eigenvalue weighted by Crippen LogP contribution is -2.25. The van der Waals surface area contributed by atoms with Crippen LogP contribution in [-0.4, -0.2) is 0 Å². The number of furan rings is 1. The molecule has 8 aromatic rings. The molecule has 0 atom stereocenters. The van der Waals surface area contributed by atoms with Gasteiger partial charge in [0.25, 0.3) is 0 Å². The lowest BCUT2D eigenvalue weighted by Gasteiger charge is -2.22. The van der Waals surface area contributed by atoms with Crippen LogP contribution >= 0.6 is 7.14 Å². The SMILES string of the molecule is O=P(c1ccccc1)(c1ccccc1)c1ccc(-c2ccc3oc4cc5ccccc5cc4c3c2)c2ccccc12. The first kappa shape index (κ1) is 23.9. The molecule has 0 spiro atoms. The summed E-state index contributed by atoms with van der Waals surface area (Å²) in [7, 11) is -3.13. The molecule has 0 aliphatic carbocycles. The summed E-state index contributed by atoms with van der Waals surface area (Å²) >= 11 is 0. The average molecular weight is 545 g/mol. The lowest BCUT2D eigenvalue weighted by atomic mass is 9.96. The summed E-state index contributed by atoms with van der Waals surface area (Å²) in [6, 6.07) is 51.4. The van der Waals surface area contributed by atoms with Crippen LogP contribution in [0.3, 0.4) is 0 Å². The van der Waals surface area contributed by atoms with Gasteiger partial charge in [-0.15, -0.1) is 0 Å². The molecule has 0 saturated heterocycles. The van der Waals surface area contributed by atoms with Crippen molar-refractivity contribution < 1.29 is 8.98 Å². The first-order chi connectivity index (χ1) is 20.2. The largest absolute Gasteiger partial charge is 0.456 e. The zero-order valence-corrected chi connectivity index (χ0v) is 23.1. The molecule has 0 aliphatic heterocycles. The second-order valence-electron chi connectivity index (χ2n) is 10.5. The normalized spacial score (nSPS) is 12.0. The van der Waals surface area contributed by atoms with Gasteiger partial charge in [0, 0.05) is 26.7 Å². The molecule has 0 unspecified atom stereocenters. The highest BCUT2D eigenvalue weighted by molar-refractivity contribution is 7.85. The topological polar surface area (TPSA) is 30.2 Å². The van der Waals surface area contributed by atoms with Crippen molar-refractivity contribution in [3.63, 3.8) is 0 Å². The van der Waals surface area contributed by atoms with Crippen LogP contribution in [0.5, 0.6) is 0 Å². The molecule has 0 aliphatic rings. The zero-order valence-electron chi connectivity index (χ0n) is 22.2. The predicted molar refractivity (Wildman–Crippen MR) is 174 cm³/mol. The van der Waals surface area contributed by atoms with Gasteiger partial charge in [-0.3, -0.25) is 0 Å². The number of hydrogen-bond donors (Lipinski definition) is 0. The highest BCUT2D eigenvalue weighted by atomic mass is 31.2. The van der Waals surface area contributed by atoms with E-state index in [1.807, 2.05) is 66.7 Å². The van der Waals surface area contributed by atoms with Gasteiger partial charge in [-0.05, 0) is 63.0 Å². The van der Waals surface area contributed by atoms with Gasteiger partial charge in [-0.2, -0.15) is 0 Å². The van der Waals surface area contributed by atoms with Crippen LogP contribution in [0, 0.1) is 0 Å². The minimum absolute atomic E-state index is 0.836. The van der Waals surface area contributed by atoms with E-state index in [4.69, 9.17) is 4.42 Å². The molecular formula is C38H25O2P. The van der Waals surface area contributed by atoms with E-state index in [9.17, 15) is 0 Å². The molecule has 0 saturated carbocycles. The van der Waals surface area contributed by atoms with Crippen LogP contribution < -0.4 is 15.9 Å². The molecule has 8 rings (SSSR count). The van der Waals surface area contributed by atoms with Crippen LogP contribution in [0.1, 0.15) is 0 Å². The molecule has 1 aromatic heterocycles. The Morgan fingerprint density at radius 1 is 0.439 bits per heavy atom. The van der Waals surface area contributed by atoms with Crippen LogP contribution in [0.4, 0.5) is 0 Å². The van der Waals surface area contributed by atoms with Crippen molar-refractivity contribution in [1.82, 2.24) is 0 Å². The molecule has 194 valence electrons. The Labute approximate surface area is 237 Å². The van der Waals surface area contributed by atoms with E-state index in [2.05, 4.69) is 84.9 Å². The van der Waals surface area contributed by atoms with Gasteiger partial charge in [0.05, 0.1) is 0 Å². The Balaban J connectivity index is 1.36. The monoisotopic (exact) mass is 544 g/mol. The molecule has 1 heterocycles. The standard InChI is InChI=1S/C38H25O2P/c39-41(29-13-3-1-4-14-29,30-15-5-2-6-16-30)38-22-20-31(32-17-9-10-18-33(32)38)28-19-21-36-34(24-28)35-23-26-11-7-8-12-27(26)25-37(35)40-36/h1-25H. The molecule has 41 heavy (non-hydrogen) atoms. The van der Waals surface area contributed by atoms with Crippen molar-refractivity contribution >= 4 is 66.5 Å². The third-order valence-corrected chi connectivity index (χ3v) is 11.2. The third-order valence-electron chi connectivity index (χ3n) is 8.13. The van der Waals surface area contributed by atoms with E-state index < -0.39 is 7.14 Å². The maximum atomic E-state index is 15.3.